The molecule has 1 aromatic heterocycles. The molecule has 3 N–H and O–H groups in total. The number of nitrogen functional groups attached to an aromatic ring is 1. The molecule has 0 unspecified atom stereocenters. The molecule has 1 amide bonds. The maximum Gasteiger partial charge on any atom is 0.221 e. The van der Waals surface area contributed by atoms with Crippen molar-refractivity contribution in [3.63, 3.8) is 0 Å². The van der Waals surface area contributed by atoms with Gasteiger partial charge >= 0.3 is 0 Å². The van der Waals surface area contributed by atoms with Gasteiger partial charge in [-0.1, -0.05) is 0 Å². The van der Waals surface area contributed by atoms with E-state index < -0.39 is 0 Å². The van der Waals surface area contributed by atoms with Crippen molar-refractivity contribution in [2.24, 2.45) is 0 Å². The zero-order chi connectivity index (χ0) is 10.7. The maximum absolute atomic E-state index is 11.0. The van der Waals surface area contributed by atoms with E-state index in [0.29, 0.717) is 18.7 Å². The van der Waals surface area contributed by atoms with Crippen molar-refractivity contribution in [2.45, 2.75) is 26.8 Å². The highest BCUT2D eigenvalue weighted by Gasteiger charge is 2.08. The third-order valence-electron chi connectivity index (χ3n) is 2.27. The first-order valence-electron chi connectivity index (χ1n) is 4.56. The predicted molar refractivity (Wildman–Crippen MR) is 54.8 cm³/mol. The van der Waals surface area contributed by atoms with E-state index in [4.69, 9.17) is 5.73 Å². The highest BCUT2D eigenvalue weighted by molar-refractivity contribution is 5.75. The monoisotopic (exact) mass is 196 g/mol. The van der Waals surface area contributed by atoms with Crippen LogP contribution in [0.25, 0.3) is 0 Å². The van der Waals surface area contributed by atoms with E-state index in [0.717, 1.165) is 11.4 Å². The lowest BCUT2D eigenvalue weighted by atomic mass is 10.3. The van der Waals surface area contributed by atoms with Gasteiger partial charge in [-0.25, -0.2) is 0 Å². The minimum Gasteiger partial charge on any atom is -0.396 e. The molecule has 1 heterocycles. The SMILES string of the molecule is CNC(=O)CCn1nc(C)c(N)c1C. The fraction of sp³-hybridized carbons (Fsp3) is 0.556. The minimum absolute atomic E-state index is 0.0103. The number of aryl methyl sites for hydroxylation is 2. The summed E-state index contributed by atoms with van der Waals surface area (Å²) in [6, 6.07) is 0. The van der Waals surface area contributed by atoms with Gasteiger partial charge in [-0.05, 0) is 13.8 Å². The van der Waals surface area contributed by atoms with Gasteiger partial charge in [0.05, 0.1) is 23.6 Å². The predicted octanol–water partition coefficient (Wildman–Crippen LogP) is 0.218. The summed E-state index contributed by atoms with van der Waals surface area (Å²) in [5.74, 6) is 0.0103. The molecule has 0 bridgehead atoms. The van der Waals surface area contributed by atoms with Gasteiger partial charge < -0.3 is 11.1 Å². The second-order valence-corrected chi connectivity index (χ2v) is 3.23. The number of rotatable bonds is 3. The van der Waals surface area contributed by atoms with Crippen LogP contribution in [0.5, 0.6) is 0 Å². The lowest BCUT2D eigenvalue weighted by Crippen LogP contribution is -2.20. The summed E-state index contributed by atoms with van der Waals surface area (Å²) in [6.45, 7) is 4.33. The summed E-state index contributed by atoms with van der Waals surface area (Å²) in [5, 5.41) is 6.79. The number of aromatic nitrogens is 2. The van der Waals surface area contributed by atoms with Crippen molar-refractivity contribution in [1.82, 2.24) is 15.1 Å². The average molecular weight is 196 g/mol. The van der Waals surface area contributed by atoms with Crippen molar-refractivity contribution in [3.05, 3.63) is 11.4 Å². The van der Waals surface area contributed by atoms with Crippen LogP contribution in [0.15, 0.2) is 0 Å². The number of nitrogens with zero attached hydrogens (tertiary/aromatic N) is 2. The van der Waals surface area contributed by atoms with Crippen LogP contribution in [0.2, 0.25) is 0 Å². The van der Waals surface area contributed by atoms with Crippen molar-refractivity contribution < 1.29 is 4.79 Å². The molecule has 5 heteroatoms. The number of carbonyl (C=O) groups is 1. The molecular weight excluding hydrogens is 180 g/mol. The highest BCUT2D eigenvalue weighted by Crippen LogP contribution is 2.14. The van der Waals surface area contributed by atoms with E-state index >= 15 is 0 Å². The first-order valence-corrected chi connectivity index (χ1v) is 4.56. The number of carbonyl (C=O) groups excluding carboxylic acids is 1. The molecule has 0 spiro atoms. The Morgan fingerprint density at radius 2 is 2.21 bits per heavy atom. The summed E-state index contributed by atoms with van der Waals surface area (Å²) < 4.78 is 1.76. The number of nitrogens with one attached hydrogen (secondary N) is 1. The summed E-state index contributed by atoms with van der Waals surface area (Å²) in [5.41, 5.74) is 8.21. The first-order chi connectivity index (χ1) is 6.56. The van der Waals surface area contributed by atoms with Gasteiger partial charge in [0, 0.05) is 13.5 Å². The summed E-state index contributed by atoms with van der Waals surface area (Å²) in [4.78, 5) is 11.0. The summed E-state index contributed by atoms with van der Waals surface area (Å²) in [6.07, 6.45) is 0.428. The Kier molecular flexibility index (Phi) is 3.11. The van der Waals surface area contributed by atoms with Crippen LogP contribution in [0.4, 0.5) is 5.69 Å². The molecule has 0 fully saturated rings. The van der Waals surface area contributed by atoms with E-state index in [9.17, 15) is 4.79 Å². The van der Waals surface area contributed by atoms with E-state index in [1.165, 1.54) is 0 Å². The Labute approximate surface area is 83.3 Å². The Morgan fingerprint density at radius 3 is 2.64 bits per heavy atom. The van der Waals surface area contributed by atoms with E-state index in [2.05, 4.69) is 10.4 Å². The van der Waals surface area contributed by atoms with Gasteiger partial charge in [-0.3, -0.25) is 9.48 Å². The molecule has 0 aliphatic heterocycles. The van der Waals surface area contributed by atoms with Gasteiger partial charge in [0.25, 0.3) is 0 Å². The van der Waals surface area contributed by atoms with E-state index in [1.54, 1.807) is 11.7 Å². The summed E-state index contributed by atoms with van der Waals surface area (Å²) in [7, 11) is 1.62. The van der Waals surface area contributed by atoms with Crippen LogP contribution in [0, 0.1) is 13.8 Å². The van der Waals surface area contributed by atoms with Crippen LogP contribution in [0.1, 0.15) is 17.8 Å². The quantitative estimate of drug-likeness (QED) is 0.726. The lowest BCUT2D eigenvalue weighted by molar-refractivity contribution is -0.120. The number of hydrogen-bond acceptors (Lipinski definition) is 3. The number of anilines is 1. The molecule has 14 heavy (non-hydrogen) atoms. The van der Waals surface area contributed by atoms with E-state index in [1.807, 2.05) is 13.8 Å². The Balaban J connectivity index is 2.68. The largest absolute Gasteiger partial charge is 0.396 e. The third kappa shape index (κ3) is 2.04. The van der Waals surface area contributed by atoms with Crippen LogP contribution in [-0.2, 0) is 11.3 Å². The van der Waals surface area contributed by atoms with Gasteiger partial charge in [0.15, 0.2) is 0 Å². The Hall–Kier alpha value is -1.52. The zero-order valence-corrected chi connectivity index (χ0v) is 8.79. The van der Waals surface area contributed by atoms with Gasteiger partial charge in [-0.15, -0.1) is 0 Å². The summed E-state index contributed by atoms with van der Waals surface area (Å²) >= 11 is 0. The molecule has 1 aromatic rings. The normalized spacial score (nSPS) is 10.2. The Morgan fingerprint density at radius 1 is 1.57 bits per heavy atom. The van der Waals surface area contributed by atoms with Gasteiger partial charge in [-0.2, -0.15) is 5.10 Å². The Bertz CT molecular complexity index is 343. The molecule has 0 saturated heterocycles. The number of amides is 1. The molecule has 0 atom stereocenters. The second-order valence-electron chi connectivity index (χ2n) is 3.23. The number of hydrogen-bond donors (Lipinski definition) is 2. The second kappa shape index (κ2) is 4.13. The van der Waals surface area contributed by atoms with Crippen molar-refractivity contribution in [1.29, 1.82) is 0 Å². The van der Waals surface area contributed by atoms with Crippen LogP contribution in [-0.4, -0.2) is 22.7 Å². The molecule has 0 aromatic carbocycles. The highest BCUT2D eigenvalue weighted by atomic mass is 16.1. The van der Waals surface area contributed by atoms with Crippen molar-refractivity contribution in [3.8, 4) is 0 Å². The zero-order valence-electron chi connectivity index (χ0n) is 8.79. The molecular formula is C9H16N4O. The third-order valence-corrected chi connectivity index (χ3v) is 2.27. The standard InChI is InChI=1S/C9H16N4O/c1-6-9(10)7(2)13(12-6)5-4-8(14)11-3/h4-5,10H2,1-3H3,(H,11,14). The van der Waals surface area contributed by atoms with Gasteiger partial charge in [0.1, 0.15) is 0 Å². The lowest BCUT2D eigenvalue weighted by Gasteiger charge is -2.03. The average Bonchev–Trinajstić information content (AvgIpc) is 2.42. The molecule has 1 rings (SSSR count). The minimum atomic E-state index is 0.0103. The smallest absolute Gasteiger partial charge is 0.221 e. The number of nitrogens with two attached hydrogens (primary N) is 1. The maximum atomic E-state index is 11.0. The topological polar surface area (TPSA) is 72.9 Å². The van der Waals surface area contributed by atoms with Crippen LogP contribution in [0.3, 0.4) is 0 Å². The first kappa shape index (κ1) is 10.6. The van der Waals surface area contributed by atoms with Crippen LogP contribution >= 0.6 is 0 Å². The van der Waals surface area contributed by atoms with Crippen LogP contribution < -0.4 is 11.1 Å². The molecule has 0 saturated carbocycles. The fourth-order valence-electron chi connectivity index (χ4n) is 1.26. The molecule has 5 nitrogen and oxygen atoms in total. The molecule has 0 aliphatic carbocycles. The van der Waals surface area contributed by atoms with E-state index in [-0.39, 0.29) is 5.91 Å². The molecule has 78 valence electrons. The molecule has 0 radical (unpaired) electrons. The fourth-order valence-corrected chi connectivity index (χ4v) is 1.26. The van der Waals surface area contributed by atoms with Gasteiger partial charge in [0.2, 0.25) is 5.91 Å². The van der Waals surface area contributed by atoms with Crippen molar-refractivity contribution >= 4 is 11.6 Å². The van der Waals surface area contributed by atoms with Crippen molar-refractivity contribution in [2.75, 3.05) is 12.8 Å². The molecule has 0 aliphatic rings.